The summed E-state index contributed by atoms with van der Waals surface area (Å²) in [5, 5.41) is 0. The second-order valence-corrected chi connectivity index (χ2v) is 6.72. The van der Waals surface area contributed by atoms with Gasteiger partial charge in [0.15, 0.2) is 6.39 Å². The highest BCUT2D eigenvalue weighted by atomic mass is 32.3. The van der Waals surface area contributed by atoms with Gasteiger partial charge in [-0.2, -0.15) is 8.42 Å². The zero-order valence-corrected chi connectivity index (χ0v) is 13.4. The highest BCUT2D eigenvalue weighted by Gasteiger charge is 2.16. The van der Waals surface area contributed by atoms with Crippen LogP contribution in [0.15, 0.2) is 35.1 Å². The Kier molecular flexibility index (Phi) is 5.31. The molecule has 7 heteroatoms. The molecule has 0 aliphatic carbocycles. The van der Waals surface area contributed by atoms with Gasteiger partial charge in [0.05, 0.1) is 11.4 Å². The topological polar surface area (TPSA) is 63.4 Å². The molecule has 1 aromatic carbocycles. The van der Waals surface area contributed by atoms with Crippen LogP contribution in [0.2, 0.25) is 0 Å². The van der Waals surface area contributed by atoms with Gasteiger partial charge in [0, 0.05) is 19.6 Å². The van der Waals surface area contributed by atoms with Gasteiger partial charge in [-0.15, -0.1) is 3.89 Å². The quantitative estimate of drug-likeness (QED) is 0.732. The Morgan fingerprint density at radius 1 is 1.23 bits per heavy atom. The SMILES string of the molecule is Cc1ccccc1CN(CCS(=O)(=O)F)Cc1ncoc1C. The van der Waals surface area contributed by atoms with Crippen LogP contribution < -0.4 is 0 Å². The normalized spacial score (nSPS) is 12.0. The minimum Gasteiger partial charge on any atom is -0.448 e. The molecular formula is C15H19FN2O3S. The summed E-state index contributed by atoms with van der Waals surface area (Å²) in [4.78, 5) is 5.96. The molecule has 0 radical (unpaired) electrons. The number of benzene rings is 1. The maximum atomic E-state index is 12.8. The first-order chi connectivity index (χ1) is 10.3. The highest BCUT2D eigenvalue weighted by molar-refractivity contribution is 7.86. The monoisotopic (exact) mass is 326 g/mol. The molecule has 1 aromatic heterocycles. The number of rotatable bonds is 7. The van der Waals surface area contributed by atoms with Gasteiger partial charge < -0.3 is 4.42 Å². The van der Waals surface area contributed by atoms with Crippen molar-refractivity contribution >= 4 is 10.2 Å². The van der Waals surface area contributed by atoms with Crippen LogP contribution in [-0.4, -0.2) is 30.6 Å². The molecule has 22 heavy (non-hydrogen) atoms. The molecule has 2 rings (SSSR count). The molecule has 0 aliphatic rings. The summed E-state index contributed by atoms with van der Waals surface area (Å²) in [6.07, 6.45) is 1.35. The van der Waals surface area contributed by atoms with Crippen molar-refractivity contribution in [3.05, 3.63) is 53.2 Å². The Labute approximate surface area is 130 Å². The minimum atomic E-state index is -4.50. The van der Waals surface area contributed by atoms with Gasteiger partial charge in [-0.05, 0) is 25.0 Å². The average molecular weight is 326 g/mol. The number of aryl methyl sites for hydroxylation is 2. The number of oxazole rings is 1. The van der Waals surface area contributed by atoms with Gasteiger partial charge in [-0.25, -0.2) is 4.98 Å². The third-order valence-corrected chi connectivity index (χ3v) is 4.19. The maximum Gasteiger partial charge on any atom is 0.303 e. The van der Waals surface area contributed by atoms with E-state index >= 15 is 0 Å². The summed E-state index contributed by atoms with van der Waals surface area (Å²) in [6.45, 7) is 4.81. The number of hydrogen-bond donors (Lipinski definition) is 0. The molecular weight excluding hydrogens is 307 g/mol. The molecule has 5 nitrogen and oxygen atoms in total. The van der Waals surface area contributed by atoms with Crippen LogP contribution in [0.1, 0.15) is 22.6 Å². The molecule has 0 spiro atoms. The van der Waals surface area contributed by atoms with Crippen LogP contribution in [0, 0.1) is 13.8 Å². The maximum absolute atomic E-state index is 12.8. The Morgan fingerprint density at radius 3 is 2.55 bits per heavy atom. The summed E-state index contributed by atoms with van der Waals surface area (Å²) in [7, 11) is -4.50. The molecule has 2 aromatic rings. The van der Waals surface area contributed by atoms with Gasteiger partial charge in [-0.1, -0.05) is 24.3 Å². The molecule has 0 saturated heterocycles. The third kappa shape index (κ3) is 4.92. The van der Waals surface area contributed by atoms with Crippen molar-refractivity contribution in [1.82, 2.24) is 9.88 Å². The number of aromatic nitrogens is 1. The van der Waals surface area contributed by atoms with E-state index in [0.717, 1.165) is 16.8 Å². The lowest BCUT2D eigenvalue weighted by Gasteiger charge is -2.21. The van der Waals surface area contributed by atoms with E-state index in [-0.39, 0.29) is 6.54 Å². The second-order valence-electron chi connectivity index (χ2n) is 5.24. The van der Waals surface area contributed by atoms with Crippen molar-refractivity contribution in [3.63, 3.8) is 0 Å². The van der Waals surface area contributed by atoms with Gasteiger partial charge in [0.1, 0.15) is 5.76 Å². The summed E-state index contributed by atoms with van der Waals surface area (Å²) in [5.74, 6) is 0.147. The molecule has 0 aliphatic heterocycles. The second kappa shape index (κ2) is 7.02. The fourth-order valence-corrected chi connectivity index (χ4v) is 2.65. The van der Waals surface area contributed by atoms with E-state index in [1.807, 2.05) is 36.1 Å². The lowest BCUT2D eigenvalue weighted by Crippen LogP contribution is -2.28. The summed E-state index contributed by atoms with van der Waals surface area (Å²) >= 11 is 0. The fraction of sp³-hybridized carbons (Fsp3) is 0.400. The molecule has 0 fully saturated rings. The van der Waals surface area contributed by atoms with Crippen LogP contribution in [0.5, 0.6) is 0 Å². The van der Waals surface area contributed by atoms with E-state index in [4.69, 9.17) is 4.42 Å². The van der Waals surface area contributed by atoms with E-state index in [1.54, 1.807) is 6.92 Å². The number of nitrogens with zero attached hydrogens (tertiary/aromatic N) is 2. The predicted octanol–water partition coefficient (Wildman–Crippen LogP) is 2.59. The van der Waals surface area contributed by atoms with Crippen LogP contribution in [0.25, 0.3) is 0 Å². The van der Waals surface area contributed by atoms with Crippen molar-refractivity contribution in [2.75, 3.05) is 12.3 Å². The van der Waals surface area contributed by atoms with Gasteiger partial charge in [0.25, 0.3) is 0 Å². The number of halogens is 1. The fourth-order valence-electron chi connectivity index (χ4n) is 2.17. The summed E-state index contributed by atoms with van der Waals surface area (Å²) < 4.78 is 39.6. The first-order valence-corrected chi connectivity index (χ1v) is 8.48. The van der Waals surface area contributed by atoms with Crippen molar-refractivity contribution < 1.29 is 16.7 Å². The Bertz CT molecular complexity index is 728. The van der Waals surface area contributed by atoms with E-state index in [9.17, 15) is 12.3 Å². The Balaban J connectivity index is 2.14. The van der Waals surface area contributed by atoms with Crippen molar-refractivity contribution in [3.8, 4) is 0 Å². The van der Waals surface area contributed by atoms with Crippen LogP contribution in [0.3, 0.4) is 0 Å². The van der Waals surface area contributed by atoms with E-state index in [0.29, 0.717) is 18.8 Å². The highest BCUT2D eigenvalue weighted by Crippen LogP contribution is 2.15. The zero-order valence-electron chi connectivity index (χ0n) is 12.6. The molecule has 0 unspecified atom stereocenters. The molecule has 0 amide bonds. The van der Waals surface area contributed by atoms with Gasteiger partial charge in [0.2, 0.25) is 0 Å². The van der Waals surface area contributed by atoms with Gasteiger partial charge in [-0.3, -0.25) is 4.90 Å². The van der Waals surface area contributed by atoms with E-state index in [1.165, 1.54) is 6.39 Å². The number of hydrogen-bond acceptors (Lipinski definition) is 5. The first-order valence-electron chi connectivity index (χ1n) is 6.93. The summed E-state index contributed by atoms with van der Waals surface area (Å²) in [5.41, 5.74) is 2.90. The molecule has 0 saturated carbocycles. The molecule has 0 atom stereocenters. The van der Waals surface area contributed by atoms with E-state index in [2.05, 4.69) is 4.98 Å². The third-order valence-electron chi connectivity index (χ3n) is 3.52. The zero-order chi connectivity index (χ0) is 16.2. The van der Waals surface area contributed by atoms with Crippen molar-refractivity contribution in [2.24, 2.45) is 0 Å². The smallest absolute Gasteiger partial charge is 0.303 e. The van der Waals surface area contributed by atoms with E-state index < -0.39 is 16.0 Å². The summed E-state index contributed by atoms with van der Waals surface area (Å²) in [6, 6.07) is 7.83. The molecule has 120 valence electrons. The van der Waals surface area contributed by atoms with Crippen LogP contribution in [0.4, 0.5) is 3.89 Å². The van der Waals surface area contributed by atoms with Crippen molar-refractivity contribution in [1.29, 1.82) is 0 Å². The lowest BCUT2D eigenvalue weighted by atomic mass is 10.1. The molecule has 0 N–H and O–H groups in total. The van der Waals surface area contributed by atoms with Crippen LogP contribution >= 0.6 is 0 Å². The van der Waals surface area contributed by atoms with Crippen molar-refractivity contribution in [2.45, 2.75) is 26.9 Å². The lowest BCUT2D eigenvalue weighted by molar-refractivity contribution is 0.266. The largest absolute Gasteiger partial charge is 0.448 e. The average Bonchev–Trinajstić information content (AvgIpc) is 2.83. The Morgan fingerprint density at radius 2 is 1.95 bits per heavy atom. The predicted molar refractivity (Wildman–Crippen MR) is 81.4 cm³/mol. The first kappa shape index (κ1) is 16.6. The van der Waals surface area contributed by atoms with Gasteiger partial charge >= 0.3 is 10.2 Å². The molecule has 0 bridgehead atoms. The Hall–Kier alpha value is -1.73. The van der Waals surface area contributed by atoms with Crippen LogP contribution in [-0.2, 0) is 23.3 Å². The standard InChI is InChI=1S/C15H19FN2O3S/c1-12-5-3-4-6-14(12)9-18(7-8-22(16,19)20)10-15-13(2)21-11-17-15/h3-6,11H,7-10H2,1-2H3. The molecule has 1 heterocycles. The minimum absolute atomic E-state index is 0.0967.